The smallest absolute Gasteiger partial charge is 0.313 e. The minimum atomic E-state index is -0.855. The zero-order chi connectivity index (χ0) is 12.1. The number of thioether (sulfide) groups is 1. The summed E-state index contributed by atoms with van der Waals surface area (Å²) in [6.07, 6.45) is 6.59. The van der Waals surface area contributed by atoms with Crippen molar-refractivity contribution < 1.29 is 9.90 Å². The van der Waals surface area contributed by atoms with Crippen molar-refractivity contribution in [2.45, 2.75) is 11.7 Å². The molecule has 6 nitrogen and oxygen atoms in total. The molecule has 2 aromatic heterocycles. The lowest BCUT2D eigenvalue weighted by Gasteiger charge is -2.05. The van der Waals surface area contributed by atoms with Crippen molar-refractivity contribution in [1.29, 1.82) is 0 Å². The lowest BCUT2D eigenvalue weighted by Crippen LogP contribution is -2.04. The molecule has 0 fully saturated rings. The Balaban J connectivity index is 2.06. The molecule has 0 radical (unpaired) electrons. The van der Waals surface area contributed by atoms with Crippen molar-refractivity contribution in [2.75, 3.05) is 5.75 Å². The quantitative estimate of drug-likeness (QED) is 0.794. The SMILES string of the molecule is O=C(O)CSc1nccn1Cc1ccncn1. The Morgan fingerprint density at radius 1 is 1.41 bits per heavy atom. The molecule has 7 heteroatoms. The molecule has 2 heterocycles. The van der Waals surface area contributed by atoms with Crippen LogP contribution in [0.5, 0.6) is 0 Å². The van der Waals surface area contributed by atoms with Gasteiger partial charge < -0.3 is 9.67 Å². The summed E-state index contributed by atoms with van der Waals surface area (Å²) in [5.41, 5.74) is 0.857. The lowest BCUT2D eigenvalue weighted by atomic mass is 10.4. The lowest BCUT2D eigenvalue weighted by molar-refractivity contribution is -0.133. The van der Waals surface area contributed by atoms with Crippen molar-refractivity contribution in [2.24, 2.45) is 0 Å². The summed E-state index contributed by atoms with van der Waals surface area (Å²) in [6, 6.07) is 1.81. The predicted molar refractivity (Wildman–Crippen MR) is 61.7 cm³/mol. The molecular weight excluding hydrogens is 240 g/mol. The van der Waals surface area contributed by atoms with Gasteiger partial charge in [-0.05, 0) is 6.07 Å². The van der Waals surface area contributed by atoms with Crippen LogP contribution in [0.2, 0.25) is 0 Å². The fourth-order valence-electron chi connectivity index (χ4n) is 1.27. The Morgan fingerprint density at radius 2 is 2.29 bits per heavy atom. The Morgan fingerprint density at radius 3 is 3.00 bits per heavy atom. The second kappa shape index (κ2) is 5.44. The Hall–Kier alpha value is -1.89. The Kier molecular flexibility index (Phi) is 3.71. The Labute approximate surface area is 102 Å². The average Bonchev–Trinajstić information content (AvgIpc) is 2.75. The summed E-state index contributed by atoms with van der Waals surface area (Å²) in [7, 11) is 0. The van der Waals surface area contributed by atoms with Gasteiger partial charge in [0.2, 0.25) is 0 Å². The molecule has 0 aromatic carbocycles. The number of carboxylic acid groups (broad SMARTS) is 1. The third-order valence-corrected chi connectivity index (χ3v) is 2.97. The highest BCUT2D eigenvalue weighted by Crippen LogP contribution is 2.16. The van der Waals surface area contributed by atoms with Crippen LogP contribution < -0.4 is 0 Å². The van der Waals surface area contributed by atoms with E-state index < -0.39 is 5.97 Å². The van der Waals surface area contributed by atoms with E-state index in [1.165, 1.54) is 18.1 Å². The first-order valence-electron chi connectivity index (χ1n) is 4.86. The first-order valence-corrected chi connectivity index (χ1v) is 5.85. The summed E-state index contributed by atoms with van der Waals surface area (Å²) in [5.74, 6) is -0.854. The largest absolute Gasteiger partial charge is 0.481 e. The number of carbonyl (C=O) groups is 1. The molecule has 0 atom stereocenters. The van der Waals surface area contributed by atoms with Gasteiger partial charge in [0, 0.05) is 18.6 Å². The van der Waals surface area contributed by atoms with Gasteiger partial charge in [-0.2, -0.15) is 0 Å². The number of aliphatic carboxylic acids is 1. The molecule has 0 aliphatic carbocycles. The standard InChI is InChI=1S/C10H10N4O2S/c15-9(16)6-17-10-12-3-4-14(10)5-8-1-2-11-7-13-8/h1-4,7H,5-6H2,(H,15,16). The van der Waals surface area contributed by atoms with Crippen molar-refractivity contribution in [3.8, 4) is 0 Å². The molecule has 2 rings (SSSR count). The summed E-state index contributed by atoms with van der Waals surface area (Å²) in [6.45, 7) is 0.560. The van der Waals surface area contributed by atoms with Gasteiger partial charge in [0.05, 0.1) is 18.0 Å². The summed E-state index contributed by atoms with van der Waals surface area (Å²) >= 11 is 1.19. The normalized spacial score (nSPS) is 10.4. The highest BCUT2D eigenvalue weighted by Gasteiger charge is 2.07. The number of aromatic nitrogens is 4. The van der Waals surface area contributed by atoms with Crippen molar-refractivity contribution in [3.05, 3.63) is 36.7 Å². The summed E-state index contributed by atoms with van der Waals surface area (Å²) in [5, 5.41) is 9.29. The van der Waals surface area contributed by atoms with Crippen LogP contribution in [0.3, 0.4) is 0 Å². The molecule has 0 amide bonds. The number of rotatable bonds is 5. The van der Waals surface area contributed by atoms with E-state index in [4.69, 9.17) is 5.11 Å². The van der Waals surface area contributed by atoms with Crippen LogP contribution >= 0.6 is 11.8 Å². The molecule has 17 heavy (non-hydrogen) atoms. The van der Waals surface area contributed by atoms with Gasteiger partial charge in [-0.25, -0.2) is 15.0 Å². The maximum atomic E-state index is 10.5. The third kappa shape index (κ3) is 3.28. The number of hydrogen-bond acceptors (Lipinski definition) is 5. The van der Waals surface area contributed by atoms with Crippen LogP contribution in [0.4, 0.5) is 0 Å². The minimum Gasteiger partial charge on any atom is -0.481 e. The summed E-state index contributed by atoms with van der Waals surface area (Å²) in [4.78, 5) is 22.5. The molecule has 1 N–H and O–H groups in total. The van der Waals surface area contributed by atoms with E-state index in [0.717, 1.165) is 5.69 Å². The number of hydrogen-bond donors (Lipinski definition) is 1. The highest BCUT2D eigenvalue weighted by molar-refractivity contribution is 7.99. The van der Waals surface area contributed by atoms with Gasteiger partial charge in [0.15, 0.2) is 5.16 Å². The molecule has 88 valence electrons. The van der Waals surface area contributed by atoms with Crippen LogP contribution in [0.1, 0.15) is 5.69 Å². The molecule has 0 saturated heterocycles. The third-order valence-electron chi connectivity index (χ3n) is 1.98. The first-order chi connectivity index (χ1) is 8.25. The minimum absolute atomic E-state index is 0.000781. The van der Waals surface area contributed by atoms with Crippen molar-refractivity contribution >= 4 is 17.7 Å². The van der Waals surface area contributed by atoms with E-state index >= 15 is 0 Å². The second-order valence-corrected chi connectivity index (χ2v) is 4.16. The van der Waals surface area contributed by atoms with Gasteiger partial charge >= 0.3 is 5.97 Å². The average molecular weight is 250 g/mol. The fourth-order valence-corrected chi connectivity index (χ4v) is 1.95. The van der Waals surface area contributed by atoms with Gasteiger partial charge in [-0.15, -0.1) is 0 Å². The second-order valence-electron chi connectivity index (χ2n) is 3.22. The van der Waals surface area contributed by atoms with Crippen LogP contribution in [-0.4, -0.2) is 36.3 Å². The van der Waals surface area contributed by atoms with E-state index in [9.17, 15) is 4.79 Å². The monoisotopic (exact) mass is 250 g/mol. The molecule has 2 aromatic rings. The number of carboxylic acids is 1. The predicted octanol–water partition coefficient (Wildman–Crippen LogP) is 0.898. The van der Waals surface area contributed by atoms with Crippen LogP contribution in [0.15, 0.2) is 36.1 Å². The summed E-state index contributed by atoms with van der Waals surface area (Å²) < 4.78 is 1.86. The Bertz CT molecular complexity index is 500. The first kappa shape index (κ1) is 11.6. The van der Waals surface area contributed by atoms with E-state index in [-0.39, 0.29) is 5.75 Å². The molecule has 0 spiro atoms. The zero-order valence-corrected chi connectivity index (χ0v) is 9.67. The molecule has 0 unspecified atom stereocenters. The molecular formula is C10H10N4O2S. The molecule has 0 bridgehead atoms. The van der Waals surface area contributed by atoms with E-state index in [1.54, 1.807) is 18.6 Å². The van der Waals surface area contributed by atoms with Gasteiger partial charge in [-0.3, -0.25) is 4.79 Å². The van der Waals surface area contributed by atoms with E-state index in [2.05, 4.69) is 15.0 Å². The van der Waals surface area contributed by atoms with Crippen LogP contribution in [0.25, 0.3) is 0 Å². The van der Waals surface area contributed by atoms with Gasteiger partial charge in [-0.1, -0.05) is 11.8 Å². The maximum Gasteiger partial charge on any atom is 0.313 e. The van der Waals surface area contributed by atoms with Gasteiger partial charge in [0.25, 0.3) is 0 Å². The van der Waals surface area contributed by atoms with Crippen molar-refractivity contribution in [3.63, 3.8) is 0 Å². The molecule has 0 aliphatic heterocycles. The molecule has 0 saturated carbocycles. The van der Waals surface area contributed by atoms with E-state index in [1.807, 2.05) is 10.6 Å². The van der Waals surface area contributed by atoms with Crippen LogP contribution in [-0.2, 0) is 11.3 Å². The van der Waals surface area contributed by atoms with Crippen LogP contribution in [0, 0.1) is 0 Å². The number of imidazole rings is 1. The number of nitrogens with zero attached hydrogens (tertiary/aromatic N) is 4. The van der Waals surface area contributed by atoms with Crippen molar-refractivity contribution in [1.82, 2.24) is 19.5 Å². The maximum absolute atomic E-state index is 10.5. The topological polar surface area (TPSA) is 80.9 Å². The van der Waals surface area contributed by atoms with E-state index in [0.29, 0.717) is 11.7 Å². The molecule has 0 aliphatic rings. The zero-order valence-electron chi connectivity index (χ0n) is 8.85. The fraction of sp³-hybridized carbons (Fsp3) is 0.200. The highest BCUT2D eigenvalue weighted by atomic mass is 32.2. The van der Waals surface area contributed by atoms with Gasteiger partial charge in [0.1, 0.15) is 6.33 Å².